The molecule has 0 radical (unpaired) electrons. The highest BCUT2D eigenvalue weighted by molar-refractivity contribution is 7.47. The molecular formula is C45H81O13P. The van der Waals surface area contributed by atoms with Gasteiger partial charge in [-0.1, -0.05) is 159 Å². The van der Waals surface area contributed by atoms with Gasteiger partial charge in [-0.3, -0.25) is 18.6 Å². The predicted molar refractivity (Wildman–Crippen MR) is 230 cm³/mol. The maximum absolute atomic E-state index is 12.8. The molecule has 6 unspecified atom stereocenters. The molecule has 1 fully saturated rings. The number of aliphatic hydroxyl groups excluding tert-OH is 5. The molecular weight excluding hydrogens is 779 g/mol. The van der Waals surface area contributed by atoms with E-state index in [-0.39, 0.29) is 12.8 Å². The zero-order valence-corrected chi connectivity index (χ0v) is 37.2. The molecule has 14 heteroatoms. The van der Waals surface area contributed by atoms with Gasteiger partial charge in [-0.05, 0) is 44.9 Å². The van der Waals surface area contributed by atoms with Crippen LogP contribution in [-0.4, -0.2) is 98.3 Å². The van der Waals surface area contributed by atoms with Gasteiger partial charge in [0.25, 0.3) is 0 Å². The van der Waals surface area contributed by atoms with Gasteiger partial charge in [0.05, 0.1) is 6.61 Å². The predicted octanol–water partition coefficient (Wildman–Crippen LogP) is 8.61. The number of ether oxygens (including phenoxy) is 2. The smallest absolute Gasteiger partial charge is 0.462 e. The van der Waals surface area contributed by atoms with E-state index >= 15 is 0 Å². The summed E-state index contributed by atoms with van der Waals surface area (Å²) in [7, 11) is -5.12. The number of carbonyl (C=O) groups is 2. The van der Waals surface area contributed by atoms with Crippen LogP contribution in [0.5, 0.6) is 0 Å². The minimum atomic E-state index is -5.12. The van der Waals surface area contributed by atoms with E-state index in [1.54, 1.807) is 0 Å². The minimum absolute atomic E-state index is 0.0785. The molecule has 8 atom stereocenters. The molecule has 0 saturated heterocycles. The molecule has 1 saturated carbocycles. The third kappa shape index (κ3) is 28.3. The van der Waals surface area contributed by atoms with E-state index in [0.29, 0.717) is 12.8 Å². The summed E-state index contributed by atoms with van der Waals surface area (Å²) in [5.41, 5.74) is 0. The first-order valence-corrected chi connectivity index (χ1v) is 24.3. The summed E-state index contributed by atoms with van der Waals surface area (Å²) in [6.07, 6.45) is 26.3. The largest absolute Gasteiger partial charge is 0.472 e. The molecule has 0 amide bonds. The van der Waals surface area contributed by atoms with Gasteiger partial charge >= 0.3 is 19.8 Å². The normalized spacial score (nSPS) is 22.6. The molecule has 0 aromatic heterocycles. The van der Waals surface area contributed by atoms with Gasteiger partial charge in [0.2, 0.25) is 0 Å². The third-order valence-electron chi connectivity index (χ3n) is 10.5. The lowest BCUT2D eigenvalue weighted by Crippen LogP contribution is -2.64. The van der Waals surface area contributed by atoms with E-state index < -0.39 is 75.7 Å². The highest BCUT2D eigenvalue weighted by atomic mass is 31.2. The van der Waals surface area contributed by atoms with Crippen molar-refractivity contribution in [3.05, 3.63) is 36.5 Å². The molecule has 0 aromatic rings. The highest BCUT2D eigenvalue weighted by Crippen LogP contribution is 2.47. The van der Waals surface area contributed by atoms with Crippen molar-refractivity contribution in [1.82, 2.24) is 0 Å². The lowest BCUT2D eigenvalue weighted by molar-refractivity contribution is -0.220. The van der Waals surface area contributed by atoms with Crippen LogP contribution < -0.4 is 0 Å². The Labute approximate surface area is 355 Å². The van der Waals surface area contributed by atoms with Crippen molar-refractivity contribution in [1.29, 1.82) is 0 Å². The summed E-state index contributed by atoms with van der Waals surface area (Å²) in [6.45, 7) is 3.17. The topological polar surface area (TPSA) is 210 Å². The van der Waals surface area contributed by atoms with Gasteiger partial charge < -0.3 is 39.9 Å². The highest BCUT2D eigenvalue weighted by Gasteiger charge is 2.51. The summed E-state index contributed by atoms with van der Waals surface area (Å²) < 4.78 is 33.5. The molecule has 1 aliphatic rings. The molecule has 0 aliphatic heterocycles. The molecule has 0 bridgehead atoms. The molecule has 6 N–H and O–H groups in total. The van der Waals surface area contributed by atoms with E-state index in [9.17, 15) is 44.6 Å². The Balaban J connectivity index is 2.47. The van der Waals surface area contributed by atoms with E-state index in [0.717, 1.165) is 70.6 Å². The van der Waals surface area contributed by atoms with Crippen LogP contribution in [0.3, 0.4) is 0 Å². The average Bonchev–Trinajstić information content (AvgIpc) is 3.21. The number of unbranched alkanes of at least 4 members (excludes halogenated alkanes) is 19. The van der Waals surface area contributed by atoms with Crippen LogP contribution in [0.15, 0.2) is 36.5 Å². The summed E-state index contributed by atoms with van der Waals surface area (Å²) in [6, 6.07) is 0. The van der Waals surface area contributed by atoms with Gasteiger partial charge in [-0.25, -0.2) is 4.57 Å². The summed E-state index contributed by atoms with van der Waals surface area (Å²) in [5, 5.41) is 50.1. The molecule has 344 valence electrons. The Morgan fingerprint density at radius 1 is 0.542 bits per heavy atom. The fourth-order valence-corrected chi connectivity index (χ4v) is 7.80. The second-order valence-electron chi connectivity index (χ2n) is 15.9. The molecule has 1 rings (SSSR count). The van der Waals surface area contributed by atoms with Crippen LogP contribution in [0.4, 0.5) is 0 Å². The van der Waals surface area contributed by atoms with Crippen molar-refractivity contribution < 1.29 is 63.1 Å². The van der Waals surface area contributed by atoms with Gasteiger partial charge in [-0.2, -0.15) is 0 Å². The van der Waals surface area contributed by atoms with Crippen LogP contribution in [0.1, 0.15) is 181 Å². The molecule has 0 aromatic carbocycles. The monoisotopic (exact) mass is 861 g/mol. The molecule has 59 heavy (non-hydrogen) atoms. The first kappa shape index (κ1) is 55.1. The van der Waals surface area contributed by atoms with E-state index in [1.165, 1.54) is 70.6 Å². The lowest BCUT2D eigenvalue weighted by atomic mass is 9.85. The maximum atomic E-state index is 12.8. The second kappa shape index (κ2) is 35.6. The number of hydrogen-bond donors (Lipinski definition) is 6. The van der Waals surface area contributed by atoms with Gasteiger partial charge in [0.15, 0.2) is 6.10 Å². The quantitative estimate of drug-likeness (QED) is 0.0150. The van der Waals surface area contributed by atoms with Gasteiger partial charge in [0.1, 0.15) is 43.2 Å². The van der Waals surface area contributed by atoms with E-state index in [4.69, 9.17) is 18.5 Å². The van der Waals surface area contributed by atoms with Crippen LogP contribution in [0, 0.1) is 0 Å². The SMILES string of the molecule is CC/C=C/C/C=C/C/C=C/CCCCCCCC(=O)O[C@H](COC(=O)CCCCCCCCCCCCCCCCC)COP(=O)(O)OC1C(O)C(O)C(O)[C@@H](O)C1O. The van der Waals surface area contributed by atoms with Crippen LogP contribution >= 0.6 is 7.82 Å². The van der Waals surface area contributed by atoms with E-state index in [2.05, 4.69) is 50.3 Å². The van der Waals surface area contributed by atoms with Crippen molar-refractivity contribution >= 4 is 19.8 Å². The summed E-state index contributed by atoms with van der Waals surface area (Å²) in [4.78, 5) is 35.7. The zero-order chi connectivity index (χ0) is 43.6. The Hall–Kier alpha value is -1.93. The lowest BCUT2D eigenvalue weighted by Gasteiger charge is -2.41. The summed E-state index contributed by atoms with van der Waals surface area (Å²) >= 11 is 0. The van der Waals surface area contributed by atoms with Crippen molar-refractivity contribution in [3.63, 3.8) is 0 Å². The van der Waals surface area contributed by atoms with Crippen LogP contribution in [0.2, 0.25) is 0 Å². The van der Waals surface area contributed by atoms with Gasteiger partial charge in [-0.15, -0.1) is 0 Å². The number of hydrogen-bond acceptors (Lipinski definition) is 12. The Morgan fingerprint density at radius 2 is 0.966 bits per heavy atom. The van der Waals surface area contributed by atoms with Crippen molar-refractivity contribution in [3.8, 4) is 0 Å². The Bertz CT molecular complexity index is 1180. The Kier molecular flexibility index (Phi) is 33.3. The van der Waals surface area contributed by atoms with Crippen molar-refractivity contribution in [2.24, 2.45) is 0 Å². The molecule has 0 heterocycles. The number of carbonyl (C=O) groups excluding carboxylic acids is 2. The van der Waals surface area contributed by atoms with E-state index in [1.807, 2.05) is 0 Å². The average molecular weight is 861 g/mol. The number of phosphoric ester groups is 1. The summed E-state index contributed by atoms with van der Waals surface area (Å²) in [5.74, 6) is -1.12. The van der Waals surface area contributed by atoms with Crippen molar-refractivity contribution in [2.45, 2.75) is 224 Å². The Morgan fingerprint density at radius 3 is 1.47 bits per heavy atom. The number of rotatable bonds is 37. The number of aliphatic hydroxyl groups is 5. The fraction of sp³-hybridized carbons (Fsp3) is 0.822. The van der Waals surface area contributed by atoms with Crippen molar-refractivity contribution in [2.75, 3.05) is 13.2 Å². The number of phosphoric acid groups is 1. The number of allylic oxidation sites excluding steroid dienone is 6. The molecule has 1 aliphatic carbocycles. The first-order valence-electron chi connectivity index (χ1n) is 22.8. The molecule has 0 spiro atoms. The minimum Gasteiger partial charge on any atom is -0.462 e. The third-order valence-corrected chi connectivity index (χ3v) is 11.5. The number of esters is 2. The van der Waals surface area contributed by atoms with Gasteiger partial charge in [0, 0.05) is 12.8 Å². The van der Waals surface area contributed by atoms with Crippen LogP contribution in [-0.2, 0) is 32.7 Å². The zero-order valence-electron chi connectivity index (χ0n) is 36.3. The van der Waals surface area contributed by atoms with Crippen LogP contribution in [0.25, 0.3) is 0 Å². The first-order chi connectivity index (χ1) is 28.4. The molecule has 13 nitrogen and oxygen atoms in total. The standard InChI is InChI=1S/C45H81O13P/c1-3-5-7-9-11-13-15-17-19-21-23-25-27-29-31-33-38(46)55-35-37(36-56-59(53,54)58-45-43(51)41(49)40(48)42(50)44(45)52)57-39(47)34-32-30-28-26-24-22-20-18-16-14-12-10-8-6-4-2/h6,8,12,14,18,20,37,40-45,48-52H,3-5,7,9-11,13,15-17,19,21-36H2,1-2H3,(H,53,54)/b8-6+,14-12+,20-18+/t37-,40?,41-,42?,43?,44?,45?/m1/s1. The fourth-order valence-electron chi connectivity index (χ4n) is 6.83. The maximum Gasteiger partial charge on any atom is 0.472 e. The second-order valence-corrected chi connectivity index (χ2v) is 17.3.